The van der Waals surface area contributed by atoms with Gasteiger partial charge in [0.25, 0.3) is 6.43 Å². The Hall–Kier alpha value is -1.45. The van der Waals surface area contributed by atoms with E-state index in [9.17, 15) is 8.78 Å². The van der Waals surface area contributed by atoms with Crippen molar-refractivity contribution in [2.45, 2.75) is 13.0 Å². The maximum Gasteiger partial charge on any atom is 0.257 e. The van der Waals surface area contributed by atoms with E-state index in [1.54, 1.807) is 12.3 Å². The number of benzene rings is 1. The second-order valence-electron chi connectivity index (χ2n) is 2.78. The van der Waals surface area contributed by atoms with Crippen LogP contribution in [0.1, 0.15) is 0 Å². The molecule has 0 radical (unpaired) electrons. The molecule has 4 heteroatoms. The highest BCUT2D eigenvalue weighted by Crippen LogP contribution is 2.13. The Morgan fingerprint density at radius 1 is 1.31 bits per heavy atom. The lowest BCUT2D eigenvalue weighted by Crippen LogP contribution is -2.07. The van der Waals surface area contributed by atoms with Gasteiger partial charge in [-0.2, -0.15) is 5.10 Å². The van der Waals surface area contributed by atoms with Gasteiger partial charge < -0.3 is 0 Å². The van der Waals surface area contributed by atoms with Gasteiger partial charge in [0.2, 0.25) is 0 Å². The molecule has 0 saturated heterocycles. The van der Waals surface area contributed by atoms with Crippen LogP contribution in [-0.2, 0) is 6.54 Å². The summed E-state index contributed by atoms with van der Waals surface area (Å²) in [5.41, 5.74) is 0.753. The molecule has 13 heavy (non-hydrogen) atoms. The number of fused-ring (bicyclic) bond motifs is 1. The van der Waals surface area contributed by atoms with Crippen LogP contribution < -0.4 is 0 Å². The summed E-state index contributed by atoms with van der Waals surface area (Å²) in [7, 11) is 0. The Bertz CT molecular complexity index is 409. The first kappa shape index (κ1) is 8.16. The van der Waals surface area contributed by atoms with Gasteiger partial charge in [0.1, 0.15) is 6.54 Å². The standard InChI is InChI=1S/C9H8F2N2/c10-9(11)6-13-8-4-2-1-3-7(8)5-12-13/h1-5,9H,6H2. The number of hydrogen-bond donors (Lipinski definition) is 0. The van der Waals surface area contributed by atoms with Gasteiger partial charge in [0.15, 0.2) is 0 Å². The molecule has 0 bridgehead atoms. The molecule has 0 aliphatic heterocycles. The van der Waals surface area contributed by atoms with Crippen LogP contribution in [0.4, 0.5) is 8.78 Å². The first-order chi connectivity index (χ1) is 6.27. The fourth-order valence-corrected chi connectivity index (χ4v) is 1.30. The molecular formula is C9H8F2N2. The summed E-state index contributed by atoms with van der Waals surface area (Å²) in [6.45, 7) is -0.340. The van der Waals surface area contributed by atoms with E-state index in [4.69, 9.17) is 0 Å². The minimum absolute atomic E-state index is 0.340. The molecule has 1 aromatic carbocycles. The second-order valence-corrected chi connectivity index (χ2v) is 2.78. The van der Waals surface area contributed by atoms with Crippen LogP contribution in [0.5, 0.6) is 0 Å². The number of aromatic nitrogens is 2. The van der Waals surface area contributed by atoms with Crippen molar-refractivity contribution in [3.05, 3.63) is 30.5 Å². The van der Waals surface area contributed by atoms with Gasteiger partial charge in [-0.15, -0.1) is 0 Å². The smallest absolute Gasteiger partial charge is 0.257 e. The lowest BCUT2D eigenvalue weighted by molar-refractivity contribution is 0.123. The van der Waals surface area contributed by atoms with Gasteiger partial charge >= 0.3 is 0 Å². The van der Waals surface area contributed by atoms with Crippen molar-refractivity contribution in [2.24, 2.45) is 0 Å². The third kappa shape index (κ3) is 1.52. The Kier molecular flexibility index (Phi) is 1.96. The zero-order valence-electron chi connectivity index (χ0n) is 6.82. The van der Waals surface area contributed by atoms with Crippen LogP contribution in [0, 0.1) is 0 Å². The quantitative estimate of drug-likeness (QED) is 0.696. The van der Waals surface area contributed by atoms with E-state index in [0.29, 0.717) is 0 Å². The summed E-state index contributed by atoms with van der Waals surface area (Å²) in [5, 5.41) is 4.76. The van der Waals surface area contributed by atoms with E-state index in [-0.39, 0.29) is 6.54 Å². The Balaban J connectivity index is 2.46. The summed E-state index contributed by atoms with van der Waals surface area (Å²) < 4.78 is 25.4. The van der Waals surface area contributed by atoms with Gasteiger partial charge in [-0.1, -0.05) is 18.2 Å². The molecule has 68 valence electrons. The van der Waals surface area contributed by atoms with Gasteiger partial charge in [0, 0.05) is 5.39 Å². The van der Waals surface area contributed by atoms with E-state index in [0.717, 1.165) is 10.9 Å². The maximum atomic E-state index is 12.1. The van der Waals surface area contributed by atoms with E-state index in [1.807, 2.05) is 18.2 Å². The molecule has 0 aliphatic rings. The van der Waals surface area contributed by atoms with Crippen molar-refractivity contribution in [2.75, 3.05) is 0 Å². The number of nitrogens with zero attached hydrogens (tertiary/aromatic N) is 2. The third-order valence-corrected chi connectivity index (χ3v) is 1.86. The predicted molar refractivity (Wildman–Crippen MR) is 45.7 cm³/mol. The molecule has 1 aromatic heterocycles. The van der Waals surface area contributed by atoms with Crippen LogP contribution in [0.2, 0.25) is 0 Å². The number of hydrogen-bond acceptors (Lipinski definition) is 1. The number of rotatable bonds is 2. The zero-order valence-corrected chi connectivity index (χ0v) is 6.82. The average Bonchev–Trinajstić information content (AvgIpc) is 2.48. The summed E-state index contributed by atoms with van der Waals surface area (Å²) in [6, 6.07) is 7.30. The molecular weight excluding hydrogens is 174 g/mol. The fraction of sp³-hybridized carbons (Fsp3) is 0.222. The Morgan fingerprint density at radius 3 is 2.85 bits per heavy atom. The van der Waals surface area contributed by atoms with Gasteiger partial charge in [0.05, 0.1) is 11.7 Å². The molecule has 0 atom stereocenters. The molecule has 0 N–H and O–H groups in total. The number of para-hydroxylation sites is 1. The minimum atomic E-state index is -2.36. The molecule has 2 aromatic rings. The van der Waals surface area contributed by atoms with Crippen molar-refractivity contribution in [1.29, 1.82) is 0 Å². The Labute approximate surface area is 73.8 Å². The summed E-state index contributed by atoms with van der Waals surface area (Å²) in [6.07, 6.45) is -0.763. The molecule has 0 unspecified atom stereocenters. The van der Waals surface area contributed by atoms with E-state index in [2.05, 4.69) is 5.10 Å². The largest absolute Gasteiger partial charge is 0.259 e. The lowest BCUT2D eigenvalue weighted by Gasteiger charge is -2.00. The predicted octanol–water partition coefficient (Wildman–Crippen LogP) is 2.30. The van der Waals surface area contributed by atoms with Crippen molar-refractivity contribution in [3.63, 3.8) is 0 Å². The zero-order chi connectivity index (χ0) is 9.26. The van der Waals surface area contributed by atoms with Crippen LogP contribution >= 0.6 is 0 Å². The molecule has 0 aliphatic carbocycles. The summed E-state index contributed by atoms with van der Waals surface area (Å²) in [5.74, 6) is 0. The monoisotopic (exact) mass is 182 g/mol. The highest BCUT2D eigenvalue weighted by molar-refractivity contribution is 5.78. The average molecular weight is 182 g/mol. The van der Waals surface area contributed by atoms with Crippen molar-refractivity contribution >= 4 is 10.9 Å². The van der Waals surface area contributed by atoms with Gasteiger partial charge in [-0.05, 0) is 6.07 Å². The molecule has 2 rings (SSSR count). The SMILES string of the molecule is FC(F)Cn1ncc2ccccc21. The molecule has 1 heterocycles. The van der Waals surface area contributed by atoms with Crippen LogP contribution in [0.25, 0.3) is 10.9 Å². The maximum absolute atomic E-state index is 12.1. The molecule has 0 spiro atoms. The number of alkyl halides is 2. The Morgan fingerprint density at radius 2 is 2.08 bits per heavy atom. The van der Waals surface area contributed by atoms with Crippen LogP contribution in [0.3, 0.4) is 0 Å². The van der Waals surface area contributed by atoms with E-state index < -0.39 is 6.43 Å². The minimum Gasteiger partial charge on any atom is -0.259 e. The van der Waals surface area contributed by atoms with Crippen molar-refractivity contribution < 1.29 is 8.78 Å². The second kappa shape index (κ2) is 3.12. The van der Waals surface area contributed by atoms with Crippen molar-refractivity contribution in [1.82, 2.24) is 9.78 Å². The third-order valence-electron chi connectivity index (χ3n) is 1.86. The first-order valence-corrected chi connectivity index (χ1v) is 3.96. The first-order valence-electron chi connectivity index (χ1n) is 3.96. The van der Waals surface area contributed by atoms with Gasteiger partial charge in [-0.25, -0.2) is 8.78 Å². The van der Waals surface area contributed by atoms with Crippen molar-refractivity contribution in [3.8, 4) is 0 Å². The molecule has 0 amide bonds. The molecule has 0 saturated carbocycles. The topological polar surface area (TPSA) is 17.8 Å². The fourth-order valence-electron chi connectivity index (χ4n) is 1.30. The normalized spacial score (nSPS) is 11.3. The summed E-state index contributed by atoms with van der Waals surface area (Å²) in [4.78, 5) is 0. The van der Waals surface area contributed by atoms with Gasteiger partial charge in [-0.3, -0.25) is 4.68 Å². The van der Waals surface area contributed by atoms with Crippen LogP contribution in [-0.4, -0.2) is 16.2 Å². The molecule has 2 nitrogen and oxygen atoms in total. The number of halogens is 2. The highest BCUT2D eigenvalue weighted by Gasteiger charge is 2.07. The highest BCUT2D eigenvalue weighted by atomic mass is 19.3. The van der Waals surface area contributed by atoms with E-state index >= 15 is 0 Å². The van der Waals surface area contributed by atoms with E-state index in [1.165, 1.54) is 4.68 Å². The molecule has 0 fully saturated rings. The summed E-state index contributed by atoms with van der Waals surface area (Å²) >= 11 is 0. The van der Waals surface area contributed by atoms with Crippen LogP contribution in [0.15, 0.2) is 30.5 Å². The lowest BCUT2D eigenvalue weighted by atomic mass is 10.3.